The fourth-order valence-corrected chi connectivity index (χ4v) is 2.77. The fourth-order valence-electron chi connectivity index (χ4n) is 2.77. The van der Waals surface area contributed by atoms with Crippen molar-refractivity contribution in [1.29, 1.82) is 0 Å². The van der Waals surface area contributed by atoms with Gasteiger partial charge in [-0.3, -0.25) is 9.69 Å². The van der Waals surface area contributed by atoms with Gasteiger partial charge < -0.3 is 10.1 Å². The summed E-state index contributed by atoms with van der Waals surface area (Å²) in [4.78, 5) is 22.5. The normalized spacial score (nSPS) is 18.9. The van der Waals surface area contributed by atoms with Crippen LogP contribution < -0.4 is 5.32 Å². The van der Waals surface area contributed by atoms with Crippen molar-refractivity contribution in [2.75, 3.05) is 26.8 Å². The van der Waals surface area contributed by atoms with Gasteiger partial charge in [-0.1, -0.05) is 0 Å². The van der Waals surface area contributed by atoms with Gasteiger partial charge in [-0.15, -0.1) is 0 Å². The van der Waals surface area contributed by atoms with Crippen LogP contribution in [0.3, 0.4) is 0 Å². The Labute approximate surface area is 125 Å². The van der Waals surface area contributed by atoms with Crippen molar-refractivity contribution in [1.82, 2.24) is 20.2 Å². The maximum absolute atomic E-state index is 11.1. The minimum atomic E-state index is -0.0378. The first kappa shape index (κ1) is 15.9. The second-order valence-corrected chi connectivity index (χ2v) is 5.42. The number of ether oxygens (including phenoxy) is 1. The Bertz CT molecular complexity index is 493. The molecule has 1 saturated heterocycles. The molecule has 0 aromatic carbocycles. The Morgan fingerprint density at radius 3 is 3.10 bits per heavy atom. The molecule has 6 nitrogen and oxygen atoms in total. The van der Waals surface area contributed by atoms with Gasteiger partial charge in [0.2, 0.25) is 5.91 Å². The number of aryl methyl sites for hydroxylation is 1. The van der Waals surface area contributed by atoms with Crippen molar-refractivity contribution in [3.05, 3.63) is 23.3 Å². The van der Waals surface area contributed by atoms with Gasteiger partial charge >= 0.3 is 0 Å². The quantitative estimate of drug-likeness (QED) is 0.853. The number of hydrogen-bond donors (Lipinski definition) is 1. The summed E-state index contributed by atoms with van der Waals surface area (Å²) in [6, 6.07) is 0.297. The molecule has 0 aliphatic carbocycles. The van der Waals surface area contributed by atoms with E-state index >= 15 is 0 Å². The van der Waals surface area contributed by atoms with Crippen molar-refractivity contribution in [2.45, 2.75) is 39.3 Å². The molecule has 1 N–H and O–H groups in total. The average Bonchev–Trinajstić information content (AvgIpc) is 2.91. The highest BCUT2D eigenvalue weighted by molar-refractivity contribution is 5.72. The number of nitrogens with zero attached hydrogens (tertiary/aromatic N) is 3. The summed E-state index contributed by atoms with van der Waals surface area (Å²) < 4.78 is 5.19. The largest absolute Gasteiger partial charge is 0.383 e. The third-order valence-electron chi connectivity index (χ3n) is 3.81. The van der Waals surface area contributed by atoms with E-state index in [4.69, 9.17) is 4.74 Å². The summed E-state index contributed by atoms with van der Waals surface area (Å²) in [5.41, 5.74) is 2.05. The minimum absolute atomic E-state index is 0.0378. The van der Waals surface area contributed by atoms with Crippen molar-refractivity contribution >= 4 is 5.91 Å². The summed E-state index contributed by atoms with van der Waals surface area (Å²) in [5, 5.41) is 2.84. The topological polar surface area (TPSA) is 67.3 Å². The molecule has 1 unspecified atom stereocenters. The van der Waals surface area contributed by atoms with E-state index in [1.54, 1.807) is 7.11 Å². The van der Waals surface area contributed by atoms with Gasteiger partial charge in [0, 0.05) is 38.9 Å². The standard InChI is InChI=1S/C15H24N4O2/c1-11-16-9-13(10-17-12(2)20)15(18-11)14-5-4-6-19(14)7-8-21-3/h9,14H,4-8,10H2,1-3H3,(H,17,20). The molecule has 0 radical (unpaired) electrons. The summed E-state index contributed by atoms with van der Waals surface area (Å²) >= 11 is 0. The second-order valence-electron chi connectivity index (χ2n) is 5.42. The lowest BCUT2D eigenvalue weighted by Gasteiger charge is -2.25. The minimum Gasteiger partial charge on any atom is -0.383 e. The molecule has 6 heteroatoms. The maximum atomic E-state index is 11.1. The van der Waals surface area contributed by atoms with E-state index in [2.05, 4.69) is 20.2 Å². The molecule has 1 aromatic heterocycles. The lowest BCUT2D eigenvalue weighted by Crippen LogP contribution is -2.29. The lowest BCUT2D eigenvalue weighted by atomic mass is 10.1. The van der Waals surface area contributed by atoms with Crippen LogP contribution in [0, 0.1) is 6.92 Å². The van der Waals surface area contributed by atoms with Crippen LogP contribution in [0.15, 0.2) is 6.20 Å². The molecule has 21 heavy (non-hydrogen) atoms. The number of rotatable bonds is 6. The van der Waals surface area contributed by atoms with Gasteiger partial charge in [0.1, 0.15) is 5.82 Å². The van der Waals surface area contributed by atoms with E-state index < -0.39 is 0 Å². The van der Waals surface area contributed by atoms with E-state index in [-0.39, 0.29) is 5.91 Å². The molecule has 2 heterocycles. The zero-order chi connectivity index (χ0) is 15.2. The number of carbonyl (C=O) groups excluding carboxylic acids is 1. The first-order chi connectivity index (χ1) is 10.1. The van der Waals surface area contributed by atoms with Crippen LogP contribution in [0.2, 0.25) is 0 Å². The Morgan fingerprint density at radius 2 is 2.38 bits per heavy atom. The first-order valence-corrected chi connectivity index (χ1v) is 7.41. The number of aromatic nitrogens is 2. The Morgan fingerprint density at radius 1 is 1.57 bits per heavy atom. The number of methoxy groups -OCH3 is 1. The number of likely N-dealkylation sites (tertiary alicyclic amines) is 1. The first-order valence-electron chi connectivity index (χ1n) is 7.41. The Hall–Kier alpha value is -1.53. The molecule has 0 saturated carbocycles. The van der Waals surface area contributed by atoms with Crippen molar-refractivity contribution in [3.8, 4) is 0 Å². The predicted octanol–water partition coefficient (Wildman–Crippen LogP) is 1.20. The van der Waals surface area contributed by atoms with Gasteiger partial charge in [0.15, 0.2) is 0 Å². The molecule has 0 bridgehead atoms. The maximum Gasteiger partial charge on any atom is 0.217 e. The van der Waals surface area contributed by atoms with E-state index in [0.29, 0.717) is 12.6 Å². The highest BCUT2D eigenvalue weighted by Gasteiger charge is 2.28. The fraction of sp³-hybridized carbons (Fsp3) is 0.667. The van der Waals surface area contributed by atoms with Gasteiger partial charge in [0.25, 0.3) is 0 Å². The van der Waals surface area contributed by atoms with E-state index in [9.17, 15) is 4.79 Å². The van der Waals surface area contributed by atoms with Crippen molar-refractivity contribution in [2.24, 2.45) is 0 Å². The molecule has 1 atom stereocenters. The average molecular weight is 292 g/mol. The summed E-state index contributed by atoms with van der Waals surface area (Å²) in [7, 11) is 1.72. The van der Waals surface area contributed by atoms with Gasteiger partial charge in [-0.25, -0.2) is 9.97 Å². The van der Waals surface area contributed by atoms with Gasteiger partial charge in [-0.05, 0) is 26.3 Å². The van der Waals surface area contributed by atoms with E-state index in [1.807, 2.05) is 13.1 Å². The van der Waals surface area contributed by atoms with Crippen LogP contribution >= 0.6 is 0 Å². The number of carbonyl (C=O) groups is 1. The molecule has 2 rings (SSSR count). The molecule has 1 fully saturated rings. The molecule has 1 amide bonds. The molecule has 1 aliphatic heterocycles. The number of hydrogen-bond acceptors (Lipinski definition) is 5. The van der Waals surface area contributed by atoms with E-state index in [0.717, 1.165) is 49.6 Å². The van der Waals surface area contributed by atoms with Crippen LogP contribution in [0.1, 0.15) is 42.9 Å². The van der Waals surface area contributed by atoms with E-state index in [1.165, 1.54) is 6.92 Å². The van der Waals surface area contributed by atoms with Gasteiger partial charge in [-0.2, -0.15) is 0 Å². The second kappa shape index (κ2) is 7.47. The predicted molar refractivity (Wildman–Crippen MR) is 79.7 cm³/mol. The number of nitrogens with one attached hydrogen (secondary N) is 1. The van der Waals surface area contributed by atoms with Crippen LogP contribution in [0.4, 0.5) is 0 Å². The van der Waals surface area contributed by atoms with Crippen LogP contribution in [-0.2, 0) is 16.1 Å². The highest BCUT2D eigenvalue weighted by atomic mass is 16.5. The molecular weight excluding hydrogens is 268 g/mol. The molecular formula is C15H24N4O2. The summed E-state index contributed by atoms with van der Waals surface area (Å²) in [6.45, 7) is 6.61. The zero-order valence-corrected chi connectivity index (χ0v) is 13.1. The highest BCUT2D eigenvalue weighted by Crippen LogP contribution is 2.32. The Kier molecular flexibility index (Phi) is 5.64. The van der Waals surface area contributed by atoms with Crippen molar-refractivity contribution in [3.63, 3.8) is 0 Å². The molecule has 1 aromatic rings. The van der Waals surface area contributed by atoms with Gasteiger partial charge in [0.05, 0.1) is 18.3 Å². The third kappa shape index (κ3) is 4.22. The summed E-state index contributed by atoms with van der Waals surface area (Å²) in [5.74, 6) is 0.736. The summed E-state index contributed by atoms with van der Waals surface area (Å²) in [6.07, 6.45) is 4.09. The SMILES string of the molecule is COCCN1CCCC1c1nc(C)ncc1CNC(C)=O. The molecule has 1 aliphatic rings. The van der Waals surface area contributed by atoms with Crippen LogP contribution in [0.25, 0.3) is 0 Å². The van der Waals surface area contributed by atoms with Crippen molar-refractivity contribution < 1.29 is 9.53 Å². The number of amides is 1. The third-order valence-corrected chi connectivity index (χ3v) is 3.81. The smallest absolute Gasteiger partial charge is 0.217 e. The van der Waals surface area contributed by atoms with Crippen LogP contribution in [0.5, 0.6) is 0 Å². The monoisotopic (exact) mass is 292 g/mol. The Balaban J connectivity index is 2.19. The zero-order valence-electron chi connectivity index (χ0n) is 13.1. The lowest BCUT2D eigenvalue weighted by molar-refractivity contribution is -0.119. The molecule has 0 spiro atoms. The molecule has 116 valence electrons. The van der Waals surface area contributed by atoms with Crippen LogP contribution in [-0.4, -0.2) is 47.6 Å².